The third-order valence-corrected chi connectivity index (χ3v) is 6.17. The zero-order valence-corrected chi connectivity index (χ0v) is 17.7. The highest BCUT2D eigenvalue weighted by atomic mass is 16.7. The Morgan fingerprint density at radius 2 is 2.00 bits per heavy atom. The first-order valence-electron chi connectivity index (χ1n) is 10.6. The summed E-state index contributed by atoms with van der Waals surface area (Å²) in [5.74, 6) is 2.66. The van der Waals surface area contributed by atoms with Gasteiger partial charge in [-0.05, 0) is 61.3 Å². The Labute approximate surface area is 180 Å². The lowest BCUT2D eigenvalue weighted by atomic mass is 9.92. The Bertz CT molecular complexity index is 1160. The fourth-order valence-electron chi connectivity index (χ4n) is 4.57. The van der Waals surface area contributed by atoms with Crippen molar-refractivity contribution in [1.82, 2.24) is 5.32 Å². The maximum Gasteiger partial charge on any atom is 0.338 e. The van der Waals surface area contributed by atoms with Crippen LogP contribution in [-0.4, -0.2) is 33.0 Å². The Hall–Kier alpha value is -3.19. The summed E-state index contributed by atoms with van der Waals surface area (Å²) >= 11 is 0. The van der Waals surface area contributed by atoms with Crippen LogP contribution >= 0.6 is 0 Å². The maximum atomic E-state index is 12.5. The van der Waals surface area contributed by atoms with Crippen LogP contribution in [0.4, 0.5) is 5.69 Å². The van der Waals surface area contributed by atoms with Crippen LogP contribution in [0.3, 0.4) is 0 Å². The number of hydrogen-bond donors (Lipinski definition) is 1. The molecule has 1 N–H and O–H groups in total. The molecule has 0 amide bonds. The van der Waals surface area contributed by atoms with Gasteiger partial charge in [0.1, 0.15) is 11.3 Å². The molecular formula is C24H26N2O5. The van der Waals surface area contributed by atoms with E-state index in [4.69, 9.17) is 18.6 Å². The van der Waals surface area contributed by atoms with E-state index in [2.05, 4.69) is 23.2 Å². The van der Waals surface area contributed by atoms with Crippen LogP contribution in [0.15, 0.2) is 51.7 Å². The molecule has 0 radical (unpaired) electrons. The molecule has 2 aliphatic rings. The number of hydrogen-bond acceptors (Lipinski definition) is 7. The lowest BCUT2D eigenvalue weighted by Crippen LogP contribution is -2.48. The molecule has 1 saturated heterocycles. The predicted octanol–water partition coefficient (Wildman–Crippen LogP) is 3.53. The minimum Gasteiger partial charge on any atom is -0.497 e. The molecule has 0 saturated carbocycles. The van der Waals surface area contributed by atoms with Crippen LogP contribution in [0.1, 0.15) is 18.9 Å². The van der Waals surface area contributed by atoms with E-state index in [0.29, 0.717) is 18.0 Å². The minimum absolute atomic E-state index is 0.248. The molecule has 7 nitrogen and oxygen atoms in total. The fourth-order valence-corrected chi connectivity index (χ4v) is 4.57. The lowest BCUT2D eigenvalue weighted by molar-refractivity contribution is 0.174. The van der Waals surface area contributed by atoms with Crippen molar-refractivity contribution >= 4 is 16.7 Å². The molecule has 3 heterocycles. The molecule has 0 spiro atoms. The van der Waals surface area contributed by atoms with Crippen LogP contribution in [0.25, 0.3) is 11.0 Å². The summed E-state index contributed by atoms with van der Waals surface area (Å²) in [6.07, 6.45) is 0.984. The number of nitrogens with one attached hydrogen (secondary N) is 1. The van der Waals surface area contributed by atoms with E-state index < -0.39 is 0 Å². The van der Waals surface area contributed by atoms with Gasteiger partial charge in [-0.1, -0.05) is 13.0 Å². The molecule has 2 aliphatic heterocycles. The number of anilines is 1. The number of benzene rings is 2. The van der Waals surface area contributed by atoms with Crippen molar-refractivity contribution in [1.29, 1.82) is 0 Å². The van der Waals surface area contributed by atoms with Crippen molar-refractivity contribution in [2.24, 2.45) is 5.92 Å². The Balaban J connectivity index is 1.63. The Morgan fingerprint density at radius 1 is 1.13 bits per heavy atom. The normalized spacial score (nSPS) is 20.1. The van der Waals surface area contributed by atoms with E-state index in [-0.39, 0.29) is 18.5 Å². The molecule has 0 aliphatic carbocycles. The highest BCUT2D eigenvalue weighted by Gasteiger charge is 2.29. The molecular weight excluding hydrogens is 396 g/mol. The number of piperidine rings is 1. The smallest absolute Gasteiger partial charge is 0.338 e. The van der Waals surface area contributed by atoms with E-state index in [1.807, 2.05) is 24.3 Å². The quantitative estimate of drug-likeness (QED) is 0.631. The van der Waals surface area contributed by atoms with Gasteiger partial charge in [0, 0.05) is 24.0 Å². The summed E-state index contributed by atoms with van der Waals surface area (Å²) in [5, 5.41) is 4.34. The molecule has 31 heavy (non-hydrogen) atoms. The Morgan fingerprint density at radius 3 is 2.84 bits per heavy atom. The number of methoxy groups -OCH3 is 1. The number of rotatable bonds is 5. The summed E-state index contributed by atoms with van der Waals surface area (Å²) in [5.41, 5.74) is 2.16. The first-order chi connectivity index (χ1) is 15.1. The fraction of sp³-hybridized carbons (Fsp3) is 0.375. The van der Waals surface area contributed by atoms with Crippen LogP contribution in [-0.2, 0) is 6.54 Å². The molecule has 1 fully saturated rings. The van der Waals surface area contributed by atoms with Gasteiger partial charge < -0.3 is 28.8 Å². The van der Waals surface area contributed by atoms with Crippen molar-refractivity contribution in [3.05, 3.63) is 58.4 Å². The van der Waals surface area contributed by atoms with Crippen LogP contribution < -0.4 is 30.1 Å². The predicted molar refractivity (Wildman–Crippen MR) is 118 cm³/mol. The highest BCUT2D eigenvalue weighted by molar-refractivity contribution is 5.91. The summed E-state index contributed by atoms with van der Waals surface area (Å²) in [4.78, 5) is 14.8. The molecule has 7 heteroatoms. The monoisotopic (exact) mass is 422 g/mol. The molecule has 0 bridgehead atoms. The molecule has 3 aromatic rings. The van der Waals surface area contributed by atoms with Crippen molar-refractivity contribution in [3.63, 3.8) is 0 Å². The van der Waals surface area contributed by atoms with Gasteiger partial charge in [0.15, 0.2) is 11.5 Å². The van der Waals surface area contributed by atoms with Gasteiger partial charge in [0.05, 0.1) is 12.8 Å². The number of nitrogens with zero attached hydrogens (tertiary/aromatic N) is 1. The molecule has 1 aromatic heterocycles. The summed E-state index contributed by atoms with van der Waals surface area (Å²) in [7, 11) is 1.64. The van der Waals surface area contributed by atoms with Crippen LogP contribution in [0.5, 0.6) is 17.2 Å². The standard InChI is InChI=1S/C24H26N2O5/c1-15-12-25-8-7-19(15)26(13-16-3-5-22-23(9-16)30-14-29-22)20-11-24(27)31-21-6-4-17(28-2)10-18(20)21/h3-6,9-11,15,19,25H,7-8,12-14H2,1-2H3. The van der Waals surface area contributed by atoms with Gasteiger partial charge in [-0.15, -0.1) is 0 Å². The van der Waals surface area contributed by atoms with E-state index in [1.165, 1.54) is 0 Å². The largest absolute Gasteiger partial charge is 0.497 e. The third kappa shape index (κ3) is 3.81. The average Bonchev–Trinajstić information content (AvgIpc) is 3.25. The van der Waals surface area contributed by atoms with E-state index >= 15 is 0 Å². The van der Waals surface area contributed by atoms with Gasteiger partial charge in [0.25, 0.3) is 0 Å². The zero-order valence-electron chi connectivity index (χ0n) is 17.7. The van der Waals surface area contributed by atoms with Crippen LogP contribution in [0.2, 0.25) is 0 Å². The number of ether oxygens (including phenoxy) is 3. The van der Waals surface area contributed by atoms with Gasteiger partial charge in [0.2, 0.25) is 6.79 Å². The Kier molecular flexibility index (Phi) is 5.19. The molecule has 2 atom stereocenters. The summed E-state index contributed by atoms with van der Waals surface area (Å²) in [6.45, 7) is 5.01. The van der Waals surface area contributed by atoms with Crippen LogP contribution in [0, 0.1) is 5.92 Å². The van der Waals surface area contributed by atoms with Crippen molar-refractivity contribution in [3.8, 4) is 17.2 Å². The second-order valence-electron chi connectivity index (χ2n) is 8.17. The molecule has 162 valence electrons. The SMILES string of the molecule is COc1ccc2oc(=O)cc(N(Cc3ccc4c(c3)OCO4)C3CCNCC3C)c2c1. The third-order valence-electron chi connectivity index (χ3n) is 6.17. The van der Waals surface area contributed by atoms with Gasteiger partial charge >= 0.3 is 5.63 Å². The highest BCUT2D eigenvalue weighted by Crippen LogP contribution is 2.36. The number of fused-ring (bicyclic) bond motifs is 2. The zero-order chi connectivity index (χ0) is 21.4. The van der Waals surface area contributed by atoms with E-state index in [1.54, 1.807) is 19.2 Å². The van der Waals surface area contributed by atoms with Gasteiger partial charge in [-0.3, -0.25) is 0 Å². The second-order valence-corrected chi connectivity index (χ2v) is 8.17. The maximum absolute atomic E-state index is 12.5. The first kappa shape index (κ1) is 19.8. The molecule has 5 rings (SSSR count). The topological polar surface area (TPSA) is 73.2 Å². The lowest BCUT2D eigenvalue weighted by Gasteiger charge is -2.40. The first-order valence-corrected chi connectivity index (χ1v) is 10.6. The average molecular weight is 422 g/mol. The summed E-state index contributed by atoms with van der Waals surface area (Å²) < 4.78 is 22.0. The van der Waals surface area contributed by atoms with Crippen molar-refractivity contribution in [2.75, 3.05) is 31.9 Å². The van der Waals surface area contributed by atoms with E-state index in [9.17, 15) is 4.79 Å². The van der Waals surface area contributed by atoms with Gasteiger partial charge in [-0.2, -0.15) is 0 Å². The minimum atomic E-state index is -0.357. The van der Waals surface area contributed by atoms with Crippen molar-refractivity contribution < 1.29 is 18.6 Å². The van der Waals surface area contributed by atoms with E-state index in [0.717, 1.165) is 53.4 Å². The van der Waals surface area contributed by atoms with Crippen molar-refractivity contribution in [2.45, 2.75) is 25.9 Å². The molecule has 2 unspecified atom stereocenters. The molecule has 2 aromatic carbocycles. The van der Waals surface area contributed by atoms with Gasteiger partial charge in [-0.25, -0.2) is 4.79 Å². The summed E-state index contributed by atoms with van der Waals surface area (Å²) in [6, 6.07) is 13.4. The second kappa shape index (κ2) is 8.15.